The van der Waals surface area contributed by atoms with Crippen molar-refractivity contribution in [3.8, 4) is 5.75 Å². The fourth-order valence-corrected chi connectivity index (χ4v) is 1.94. The van der Waals surface area contributed by atoms with Gasteiger partial charge in [-0.05, 0) is 25.5 Å². The van der Waals surface area contributed by atoms with E-state index in [-0.39, 0.29) is 11.8 Å². The van der Waals surface area contributed by atoms with Crippen LogP contribution in [-0.2, 0) is 0 Å². The fourth-order valence-electron chi connectivity index (χ4n) is 1.94. The third-order valence-corrected chi connectivity index (χ3v) is 2.69. The summed E-state index contributed by atoms with van der Waals surface area (Å²) < 4.78 is 31.7. The molecule has 1 unspecified atom stereocenters. The molecule has 0 spiro atoms. The highest BCUT2D eigenvalue weighted by Crippen LogP contribution is 2.30. The second-order valence-corrected chi connectivity index (χ2v) is 3.66. The zero-order valence-electron chi connectivity index (χ0n) is 8.52. The molecule has 0 aromatic heterocycles. The number of hydrogen-bond acceptors (Lipinski definition) is 2. The molecule has 1 fully saturated rings. The average molecular weight is 213 g/mol. The molecule has 1 aliphatic heterocycles. The molecule has 1 aromatic carbocycles. The Labute approximate surface area is 87.2 Å². The van der Waals surface area contributed by atoms with Gasteiger partial charge in [0.2, 0.25) is 0 Å². The van der Waals surface area contributed by atoms with Crippen molar-refractivity contribution in [3.63, 3.8) is 0 Å². The standard InChI is InChI=1S/C11H13F2NO/c1-15-10-6-7(12)5-8(11(10)13)9-3-2-4-14-9/h5-6,9,14H,2-4H2,1H3. The van der Waals surface area contributed by atoms with Gasteiger partial charge in [0.15, 0.2) is 11.6 Å². The monoisotopic (exact) mass is 213 g/mol. The Balaban J connectivity index is 2.40. The number of ether oxygens (including phenoxy) is 1. The molecular formula is C11H13F2NO. The predicted octanol–water partition coefficient (Wildman–Crippen LogP) is 2.40. The average Bonchev–Trinajstić information content (AvgIpc) is 2.74. The molecule has 1 aromatic rings. The van der Waals surface area contributed by atoms with E-state index >= 15 is 0 Å². The maximum atomic E-state index is 13.8. The molecule has 0 aliphatic carbocycles. The van der Waals surface area contributed by atoms with Gasteiger partial charge in [-0.2, -0.15) is 0 Å². The summed E-state index contributed by atoms with van der Waals surface area (Å²) in [4.78, 5) is 0. The first-order chi connectivity index (χ1) is 7.22. The number of halogens is 2. The zero-order valence-corrected chi connectivity index (χ0v) is 8.52. The number of hydrogen-bond donors (Lipinski definition) is 1. The summed E-state index contributed by atoms with van der Waals surface area (Å²) in [5.74, 6) is -0.950. The molecule has 0 radical (unpaired) electrons. The maximum Gasteiger partial charge on any atom is 0.170 e. The normalized spacial score (nSPS) is 20.6. The summed E-state index contributed by atoms with van der Waals surface area (Å²) in [6, 6.07) is 2.21. The van der Waals surface area contributed by atoms with Gasteiger partial charge in [-0.3, -0.25) is 0 Å². The van der Waals surface area contributed by atoms with Crippen LogP contribution in [-0.4, -0.2) is 13.7 Å². The van der Waals surface area contributed by atoms with E-state index in [1.807, 2.05) is 0 Å². The Morgan fingerprint density at radius 1 is 1.40 bits per heavy atom. The van der Waals surface area contributed by atoms with Gasteiger partial charge >= 0.3 is 0 Å². The lowest BCUT2D eigenvalue weighted by atomic mass is 10.0. The lowest BCUT2D eigenvalue weighted by Gasteiger charge is -2.13. The van der Waals surface area contributed by atoms with Gasteiger partial charge in [0.1, 0.15) is 5.82 Å². The summed E-state index contributed by atoms with van der Waals surface area (Å²) in [6.07, 6.45) is 1.83. The topological polar surface area (TPSA) is 21.3 Å². The van der Waals surface area contributed by atoms with Crippen molar-refractivity contribution in [2.24, 2.45) is 0 Å². The highest BCUT2D eigenvalue weighted by Gasteiger charge is 2.22. The smallest absolute Gasteiger partial charge is 0.170 e. The van der Waals surface area contributed by atoms with Crippen LogP contribution in [0.25, 0.3) is 0 Å². The molecule has 0 bridgehead atoms. The molecule has 1 N–H and O–H groups in total. The first-order valence-corrected chi connectivity index (χ1v) is 4.98. The van der Waals surface area contributed by atoms with Gasteiger partial charge < -0.3 is 10.1 Å². The third kappa shape index (κ3) is 1.95. The molecule has 1 atom stereocenters. The predicted molar refractivity (Wildman–Crippen MR) is 52.9 cm³/mol. The molecule has 4 heteroatoms. The second kappa shape index (κ2) is 4.14. The lowest BCUT2D eigenvalue weighted by molar-refractivity contribution is 0.377. The SMILES string of the molecule is COc1cc(F)cc(C2CCCN2)c1F. The van der Waals surface area contributed by atoms with E-state index in [1.165, 1.54) is 13.2 Å². The number of nitrogens with one attached hydrogen (secondary N) is 1. The van der Waals surface area contributed by atoms with E-state index in [9.17, 15) is 8.78 Å². The van der Waals surface area contributed by atoms with Crippen molar-refractivity contribution in [3.05, 3.63) is 29.3 Å². The van der Waals surface area contributed by atoms with Crippen LogP contribution < -0.4 is 10.1 Å². The first-order valence-electron chi connectivity index (χ1n) is 4.98. The Hall–Kier alpha value is -1.16. The van der Waals surface area contributed by atoms with Crippen LogP contribution in [0.4, 0.5) is 8.78 Å². The highest BCUT2D eigenvalue weighted by atomic mass is 19.1. The molecule has 1 aliphatic rings. The molecule has 15 heavy (non-hydrogen) atoms. The summed E-state index contributed by atoms with van der Waals surface area (Å²) in [5, 5.41) is 3.13. The van der Waals surface area contributed by atoms with E-state index in [4.69, 9.17) is 4.74 Å². The van der Waals surface area contributed by atoms with E-state index in [0.717, 1.165) is 25.5 Å². The van der Waals surface area contributed by atoms with Crippen molar-refractivity contribution >= 4 is 0 Å². The number of methoxy groups -OCH3 is 1. The van der Waals surface area contributed by atoms with Gasteiger partial charge in [0.05, 0.1) is 7.11 Å². The molecule has 2 rings (SSSR count). The third-order valence-electron chi connectivity index (χ3n) is 2.69. The minimum absolute atomic E-state index is 0.0290. The van der Waals surface area contributed by atoms with Gasteiger partial charge in [-0.15, -0.1) is 0 Å². The van der Waals surface area contributed by atoms with Crippen LogP contribution in [0, 0.1) is 11.6 Å². The number of benzene rings is 1. The van der Waals surface area contributed by atoms with Gasteiger partial charge in [-0.1, -0.05) is 0 Å². The molecule has 1 saturated heterocycles. The Bertz CT molecular complexity index is 362. The summed E-state index contributed by atoms with van der Waals surface area (Å²) in [5.41, 5.74) is 0.365. The minimum Gasteiger partial charge on any atom is -0.494 e. The molecular weight excluding hydrogens is 200 g/mol. The van der Waals surface area contributed by atoms with E-state index in [2.05, 4.69) is 5.32 Å². The molecule has 1 heterocycles. The van der Waals surface area contributed by atoms with E-state index < -0.39 is 11.6 Å². The molecule has 82 valence electrons. The molecule has 0 saturated carbocycles. The summed E-state index contributed by atoms with van der Waals surface area (Å²) >= 11 is 0. The quantitative estimate of drug-likeness (QED) is 0.814. The van der Waals surface area contributed by atoms with E-state index in [1.54, 1.807) is 0 Å². The second-order valence-electron chi connectivity index (χ2n) is 3.66. The zero-order chi connectivity index (χ0) is 10.8. The Morgan fingerprint density at radius 2 is 2.20 bits per heavy atom. The van der Waals surface area contributed by atoms with Crippen molar-refractivity contribution in [2.45, 2.75) is 18.9 Å². The Kier molecular flexibility index (Phi) is 2.86. The van der Waals surface area contributed by atoms with Crippen molar-refractivity contribution in [1.82, 2.24) is 5.32 Å². The summed E-state index contributed by atoms with van der Waals surface area (Å²) in [6.45, 7) is 0.850. The van der Waals surface area contributed by atoms with Crippen molar-refractivity contribution in [2.75, 3.05) is 13.7 Å². The van der Waals surface area contributed by atoms with Crippen molar-refractivity contribution < 1.29 is 13.5 Å². The fraction of sp³-hybridized carbons (Fsp3) is 0.455. The number of rotatable bonds is 2. The van der Waals surface area contributed by atoms with Crippen LogP contribution in [0.15, 0.2) is 12.1 Å². The minimum atomic E-state index is -0.461. The Morgan fingerprint density at radius 3 is 2.80 bits per heavy atom. The van der Waals surface area contributed by atoms with Crippen LogP contribution in [0.2, 0.25) is 0 Å². The van der Waals surface area contributed by atoms with Gasteiger partial charge in [-0.25, -0.2) is 8.78 Å². The molecule has 0 amide bonds. The van der Waals surface area contributed by atoms with Gasteiger partial charge in [0.25, 0.3) is 0 Å². The van der Waals surface area contributed by atoms with Crippen LogP contribution in [0.5, 0.6) is 5.75 Å². The largest absolute Gasteiger partial charge is 0.494 e. The lowest BCUT2D eigenvalue weighted by Crippen LogP contribution is -2.15. The van der Waals surface area contributed by atoms with Crippen LogP contribution in [0.1, 0.15) is 24.4 Å². The van der Waals surface area contributed by atoms with Gasteiger partial charge in [0, 0.05) is 17.7 Å². The van der Waals surface area contributed by atoms with Crippen LogP contribution in [0.3, 0.4) is 0 Å². The summed E-state index contributed by atoms with van der Waals surface area (Å²) in [7, 11) is 1.34. The van der Waals surface area contributed by atoms with E-state index in [0.29, 0.717) is 5.56 Å². The molecule has 2 nitrogen and oxygen atoms in total. The maximum absolute atomic E-state index is 13.8. The first kappa shape index (κ1) is 10.4. The van der Waals surface area contributed by atoms with Crippen molar-refractivity contribution in [1.29, 1.82) is 0 Å². The highest BCUT2D eigenvalue weighted by molar-refractivity contribution is 5.34. The van der Waals surface area contributed by atoms with Crippen LogP contribution >= 0.6 is 0 Å².